The van der Waals surface area contributed by atoms with Gasteiger partial charge in [0.2, 0.25) is 5.96 Å². The first kappa shape index (κ1) is 15.8. The maximum absolute atomic E-state index is 14.4. The molecule has 2 N–H and O–H groups in total. The van der Waals surface area contributed by atoms with Crippen LogP contribution in [0.4, 0.5) is 14.5 Å². The van der Waals surface area contributed by atoms with Gasteiger partial charge in [-0.2, -0.15) is 0 Å². The third kappa shape index (κ3) is 2.28. The van der Waals surface area contributed by atoms with Crippen molar-refractivity contribution in [3.05, 3.63) is 39.7 Å². The molecular formula is C13H14F2N4O3S. The first-order valence-electron chi connectivity index (χ1n) is 6.84. The summed E-state index contributed by atoms with van der Waals surface area (Å²) >= 11 is 0. The van der Waals surface area contributed by atoms with Crippen molar-refractivity contribution >= 4 is 22.6 Å². The summed E-state index contributed by atoms with van der Waals surface area (Å²) in [5, 5.41) is 10.1. The van der Waals surface area contributed by atoms with E-state index < -0.39 is 38.7 Å². The van der Waals surface area contributed by atoms with Gasteiger partial charge in [-0.3, -0.25) is 14.4 Å². The SMILES string of the molecule is CN1C(N)=NC2(c3cc([N+](=O)[O-])ccc3F)CC(F)CC2S1=O. The lowest BCUT2D eigenvalue weighted by Gasteiger charge is -2.38. The van der Waals surface area contributed by atoms with Crippen LogP contribution >= 0.6 is 0 Å². The van der Waals surface area contributed by atoms with Crippen molar-refractivity contribution in [2.24, 2.45) is 10.7 Å². The Morgan fingerprint density at radius 3 is 2.91 bits per heavy atom. The fourth-order valence-electron chi connectivity index (χ4n) is 3.21. The highest BCUT2D eigenvalue weighted by Crippen LogP contribution is 2.49. The molecule has 1 aliphatic heterocycles. The van der Waals surface area contributed by atoms with E-state index in [1.807, 2.05) is 0 Å². The van der Waals surface area contributed by atoms with Crippen LogP contribution in [0.25, 0.3) is 0 Å². The van der Waals surface area contributed by atoms with E-state index in [0.717, 1.165) is 18.2 Å². The van der Waals surface area contributed by atoms with Gasteiger partial charge in [-0.1, -0.05) is 0 Å². The molecule has 23 heavy (non-hydrogen) atoms. The van der Waals surface area contributed by atoms with Crippen molar-refractivity contribution in [3.8, 4) is 0 Å². The third-order valence-corrected chi connectivity index (χ3v) is 6.11. The molecule has 10 heteroatoms. The molecule has 0 spiro atoms. The first-order chi connectivity index (χ1) is 10.8. The average molecular weight is 344 g/mol. The zero-order chi connectivity index (χ0) is 16.9. The number of halogens is 2. The van der Waals surface area contributed by atoms with Crippen molar-refractivity contribution in [2.45, 2.75) is 29.8 Å². The van der Waals surface area contributed by atoms with Gasteiger partial charge in [-0.25, -0.2) is 18.0 Å². The molecule has 4 atom stereocenters. The summed E-state index contributed by atoms with van der Waals surface area (Å²) in [6.45, 7) is 0. The molecule has 1 aromatic rings. The molecule has 1 aliphatic carbocycles. The second-order valence-corrected chi connectivity index (χ2v) is 7.28. The maximum atomic E-state index is 14.4. The van der Waals surface area contributed by atoms with Crippen LogP contribution in [-0.2, 0) is 16.5 Å². The number of hydrogen-bond donors (Lipinski definition) is 1. The Bertz CT molecular complexity index is 744. The van der Waals surface area contributed by atoms with Crippen molar-refractivity contribution in [2.75, 3.05) is 7.05 Å². The van der Waals surface area contributed by atoms with Crippen molar-refractivity contribution in [1.29, 1.82) is 0 Å². The minimum absolute atomic E-state index is 0.0735. The van der Waals surface area contributed by atoms with Gasteiger partial charge < -0.3 is 5.73 Å². The number of nitro benzene ring substituents is 1. The number of hydrogen-bond acceptors (Lipinski definition) is 5. The van der Waals surface area contributed by atoms with E-state index in [2.05, 4.69) is 4.99 Å². The van der Waals surface area contributed by atoms with Gasteiger partial charge in [0.15, 0.2) is 0 Å². The molecule has 1 fully saturated rings. The molecule has 3 rings (SSSR count). The van der Waals surface area contributed by atoms with Crippen molar-refractivity contribution in [1.82, 2.24) is 4.31 Å². The molecule has 0 saturated heterocycles. The van der Waals surface area contributed by atoms with Crippen LogP contribution in [0.5, 0.6) is 0 Å². The highest BCUT2D eigenvalue weighted by Gasteiger charge is 2.57. The summed E-state index contributed by atoms with van der Waals surface area (Å²) in [6, 6.07) is 2.99. The molecule has 4 unspecified atom stereocenters. The van der Waals surface area contributed by atoms with Gasteiger partial charge in [0.1, 0.15) is 28.5 Å². The van der Waals surface area contributed by atoms with E-state index in [4.69, 9.17) is 5.73 Å². The fourth-order valence-corrected chi connectivity index (χ4v) is 4.80. The topological polar surface area (TPSA) is 102 Å². The lowest BCUT2D eigenvalue weighted by Crippen LogP contribution is -2.52. The van der Waals surface area contributed by atoms with Crippen LogP contribution in [0.15, 0.2) is 23.2 Å². The number of aliphatic imine (C=N–C) groups is 1. The largest absolute Gasteiger partial charge is 0.369 e. The Morgan fingerprint density at radius 1 is 1.57 bits per heavy atom. The van der Waals surface area contributed by atoms with Gasteiger partial charge in [0.25, 0.3) is 5.69 Å². The summed E-state index contributed by atoms with van der Waals surface area (Å²) in [4.78, 5) is 14.5. The number of nitrogens with zero attached hydrogens (tertiary/aromatic N) is 3. The predicted molar refractivity (Wildman–Crippen MR) is 80.2 cm³/mol. The smallest absolute Gasteiger partial charge is 0.270 e. The Labute approximate surface area is 132 Å². The van der Waals surface area contributed by atoms with Gasteiger partial charge in [-0.15, -0.1) is 0 Å². The molecular weight excluding hydrogens is 330 g/mol. The molecule has 1 aromatic carbocycles. The first-order valence-corrected chi connectivity index (χ1v) is 8.01. The van der Waals surface area contributed by atoms with Crippen molar-refractivity contribution < 1.29 is 17.9 Å². The number of benzene rings is 1. The number of fused-ring (bicyclic) bond motifs is 1. The monoisotopic (exact) mass is 344 g/mol. The zero-order valence-corrected chi connectivity index (χ0v) is 12.9. The minimum atomic E-state index is -1.71. The zero-order valence-electron chi connectivity index (χ0n) is 12.1. The van der Waals surface area contributed by atoms with E-state index in [-0.39, 0.29) is 30.1 Å². The molecule has 2 aliphatic rings. The Morgan fingerprint density at radius 2 is 2.26 bits per heavy atom. The van der Waals surface area contributed by atoms with Crippen LogP contribution < -0.4 is 5.73 Å². The van der Waals surface area contributed by atoms with E-state index >= 15 is 0 Å². The molecule has 124 valence electrons. The summed E-state index contributed by atoms with van der Waals surface area (Å²) in [7, 11) is -0.253. The average Bonchev–Trinajstić information content (AvgIpc) is 2.82. The number of non-ortho nitro benzene ring substituents is 1. The maximum Gasteiger partial charge on any atom is 0.270 e. The normalized spacial score (nSPS) is 33.3. The van der Waals surface area contributed by atoms with E-state index in [1.165, 1.54) is 11.4 Å². The van der Waals surface area contributed by atoms with Crippen molar-refractivity contribution in [3.63, 3.8) is 0 Å². The fraction of sp³-hybridized carbons (Fsp3) is 0.462. The van der Waals surface area contributed by atoms with Crippen LogP contribution in [0.1, 0.15) is 18.4 Å². The number of nitro groups is 1. The van der Waals surface area contributed by atoms with Crippen LogP contribution in [0.2, 0.25) is 0 Å². The van der Waals surface area contributed by atoms with E-state index in [9.17, 15) is 23.1 Å². The summed E-state index contributed by atoms with van der Waals surface area (Å²) in [5.74, 6) is -0.868. The van der Waals surface area contributed by atoms with Gasteiger partial charge in [0.05, 0.1) is 10.2 Å². The standard InChI is InChI=1S/C13H14F2N4O3S/c1-18-12(16)17-13(6-7(14)4-11(13)23(18)22)9-5-8(19(20)21)2-3-10(9)15/h2-3,5,7,11H,4,6H2,1H3,(H2,16,17). The number of rotatable bonds is 2. The lowest BCUT2D eigenvalue weighted by atomic mass is 9.87. The van der Waals surface area contributed by atoms with Gasteiger partial charge in [-0.05, 0) is 12.5 Å². The predicted octanol–water partition coefficient (Wildman–Crippen LogP) is 1.35. The summed E-state index contributed by atoms with van der Waals surface area (Å²) in [6.07, 6.45) is -1.63. The number of guanidine groups is 1. The number of alkyl halides is 1. The van der Waals surface area contributed by atoms with Gasteiger partial charge in [0, 0.05) is 31.2 Å². The minimum Gasteiger partial charge on any atom is -0.369 e. The third-order valence-electron chi connectivity index (χ3n) is 4.31. The molecule has 0 radical (unpaired) electrons. The molecule has 0 amide bonds. The van der Waals surface area contributed by atoms with Crippen LogP contribution in [-0.4, -0.2) is 37.9 Å². The summed E-state index contributed by atoms with van der Waals surface area (Å²) < 4.78 is 42.1. The Hall–Kier alpha value is -2.10. The summed E-state index contributed by atoms with van der Waals surface area (Å²) in [5.41, 5.74) is 3.78. The lowest BCUT2D eigenvalue weighted by molar-refractivity contribution is -0.385. The Balaban J connectivity index is 2.24. The molecule has 0 bridgehead atoms. The second kappa shape index (κ2) is 5.22. The molecule has 1 saturated carbocycles. The second-order valence-electron chi connectivity index (χ2n) is 5.61. The van der Waals surface area contributed by atoms with Gasteiger partial charge >= 0.3 is 0 Å². The quantitative estimate of drug-likeness (QED) is 0.646. The van der Waals surface area contributed by atoms with Crippen LogP contribution in [0.3, 0.4) is 0 Å². The molecule has 1 heterocycles. The van der Waals surface area contributed by atoms with Crippen LogP contribution in [0, 0.1) is 15.9 Å². The molecule has 7 nitrogen and oxygen atoms in total. The van der Waals surface area contributed by atoms with E-state index in [1.54, 1.807) is 0 Å². The highest BCUT2D eigenvalue weighted by molar-refractivity contribution is 7.84. The number of nitrogens with two attached hydrogens (primary N) is 1. The highest BCUT2D eigenvalue weighted by atomic mass is 32.2. The van der Waals surface area contributed by atoms with E-state index in [0.29, 0.717) is 0 Å². The Kier molecular flexibility index (Phi) is 3.58. The molecule has 0 aromatic heterocycles.